The van der Waals surface area contributed by atoms with E-state index in [1.807, 2.05) is 36.4 Å². The normalized spacial score (nSPS) is 11.1. The Kier molecular flexibility index (Phi) is 6.09. The number of hydrogen-bond donors (Lipinski definition) is 0. The van der Waals surface area contributed by atoms with Gasteiger partial charge >= 0.3 is 0 Å². The van der Waals surface area contributed by atoms with Gasteiger partial charge in [-0.05, 0) is 48.9 Å². The van der Waals surface area contributed by atoms with E-state index in [0.717, 1.165) is 17.1 Å². The maximum absolute atomic E-state index is 5.21. The van der Waals surface area contributed by atoms with Crippen LogP contribution in [0.25, 0.3) is 0 Å². The third kappa shape index (κ3) is 4.59. The molecule has 0 N–H and O–H groups in total. The van der Waals surface area contributed by atoms with Gasteiger partial charge in [-0.15, -0.1) is 5.11 Å². The first-order chi connectivity index (χ1) is 14.3. The van der Waals surface area contributed by atoms with E-state index in [1.54, 1.807) is 7.11 Å². The Bertz CT molecular complexity index is 1040. The summed E-state index contributed by atoms with van der Waals surface area (Å²) in [6.07, 6.45) is 0. The van der Waals surface area contributed by atoms with Gasteiger partial charge in [0.1, 0.15) is 5.75 Å². The monoisotopic (exact) mass is 396 g/mol. The molecule has 4 aromatic rings. The third-order valence-electron chi connectivity index (χ3n) is 4.50. The molecule has 0 amide bonds. The minimum atomic E-state index is -0.729. The average molecular weight is 396 g/mol. The predicted octanol–water partition coefficient (Wildman–Crippen LogP) is 5.87. The van der Waals surface area contributed by atoms with Crippen LogP contribution in [0.3, 0.4) is 0 Å². The SMILES string of the molecule is COc1ccc(N=Nc2ccccc2P(c2ccccc2)c2ccccc2)cc1. The molecule has 0 unspecified atom stereocenters. The zero-order chi connectivity index (χ0) is 19.9. The first kappa shape index (κ1) is 19.0. The van der Waals surface area contributed by atoms with E-state index < -0.39 is 7.92 Å². The fraction of sp³-hybridized carbons (Fsp3) is 0.0400. The molecule has 0 spiro atoms. The zero-order valence-electron chi connectivity index (χ0n) is 16.1. The summed E-state index contributed by atoms with van der Waals surface area (Å²) in [6, 6.07) is 37.1. The van der Waals surface area contributed by atoms with E-state index in [4.69, 9.17) is 4.74 Å². The quantitative estimate of drug-likeness (QED) is 0.296. The molecule has 3 nitrogen and oxygen atoms in total. The number of azo groups is 1. The highest BCUT2D eigenvalue weighted by atomic mass is 31.1. The zero-order valence-corrected chi connectivity index (χ0v) is 17.0. The van der Waals surface area contributed by atoms with Crippen molar-refractivity contribution in [2.24, 2.45) is 10.2 Å². The minimum absolute atomic E-state index is 0.729. The summed E-state index contributed by atoms with van der Waals surface area (Å²) in [5.74, 6) is 0.807. The lowest BCUT2D eigenvalue weighted by atomic mass is 10.3. The molecule has 0 heterocycles. The second kappa shape index (κ2) is 9.27. The van der Waals surface area contributed by atoms with Crippen molar-refractivity contribution in [2.45, 2.75) is 0 Å². The predicted molar refractivity (Wildman–Crippen MR) is 122 cm³/mol. The second-order valence-corrected chi connectivity index (χ2v) is 8.58. The maximum Gasteiger partial charge on any atom is 0.119 e. The highest BCUT2D eigenvalue weighted by Gasteiger charge is 2.19. The lowest BCUT2D eigenvalue weighted by Gasteiger charge is -2.20. The number of benzene rings is 4. The van der Waals surface area contributed by atoms with Crippen LogP contribution in [-0.2, 0) is 0 Å². The van der Waals surface area contributed by atoms with Crippen molar-refractivity contribution in [2.75, 3.05) is 7.11 Å². The molecule has 0 radical (unpaired) electrons. The third-order valence-corrected chi connectivity index (χ3v) is 6.99. The molecule has 0 saturated carbocycles. The number of nitrogens with zero attached hydrogens (tertiary/aromatic N) is 2. The molecular formula is C25H21N2OP. The number of ether oxygens (including phenoxy) is 1. The topological polar surface area (TPSA) is 34.0 Å². The molecule has 4 rings (SSSR count). The van der Waals surface area contributed by atoms with E-state index in [1.165, 1.54) is 15.9 Å². The molecule has 142 valence electrons. The average Bonchev–Trinajstić information content (AvgIpc) is 2.80. The van der Waals surface area contributed by atoms with Crippen molar-refractivity contribution < 1.29 is 4.74 Å². The molecule has 29 heavy (non-hydrogen) atoms. The summed E-state index contributed by atoms with van der Waals surface area (Å²) in [7, 11) is 0.926. The lowest BCUT2D eigenvalue weighted by molar-refractivity contribution is 0.415. The van der Waals surface area contributed by atoms with Gasteiger partial charge in [-0.1, -0.05) is 78.9 Å². The molecule has 0 aliphatic heterocycles. The van der Waals surface area contributed by atoms with Crippen LogP contribution in [0.1, 0.15) is 0 Å². The molecule has 0 saturated heterocycles. The van der Waals surface area contributed by atoms with Gasteiger partial charge in [0.2, 0.25) is 0 Å². The van der Waals surface area contributed by atoms with Gasteiger partial charge in [0.05, 0.1) is 18.5 Å². The van der Waals surface area contributed by atoms with Gasteiger partial charge in [-0.25, -0.2) is 0 Å². The van der Waals surface area contributed by atoms with Crippen molar-refractivity contribution in [3.8, 4) is 5.75 Å². The fourth-order valence-electron chi connectivity index (χ4n) is 3.08. The smallest absolute Gasteiger partial charge is 0.119 e. The van der Waals surface area contributed by atoms with Crippen molar-refractivity contribution >= 4 is 35.2 Å². The van der Waals surface area contributed by atoms with Gasteiger partial charge in [0, 0.05) is 5.30 Å². The minimum Gasteiger partial charge on any atom is -0.497 e. The Morgan fingerprint density at radius 3 is 1.72 bits per heavy atom. The Hall–Kier alpha value is -3.29. The van der Waals surface area contributed by atoms with Crippen LogP contribution < -0.4 is 20.7 Å². The van der Waals surface area contributed by atoms with Crippen LogP contribution >= 0.6 is 7.92 Å². The maximum atomic E-state index is 5.21. The Balaban J connectivity index is 1.75. The Labute approximate surface area is 172 Å². The van der Waals surface area contributed by atoms with E-state index in [-0.39, 0.29) is 0 Å². The van der Waals surface area contributed by atoms with Crippen LogP contribution in [-0.4, -0.2) is 7.11 Å². The summed E-state index contributed by atoms with van der Waals surface area (Å²) in [4.78, 5) is 0. The van der Waals surface area contributed by atoms with Crippen molar-refractivity contribution in [1.82, 2.24) is 0 Å². The van der Waals surface area contributed by atoms with Gasteiger partial charge in [0.25, 0.3) is 0 Å². The van der Waals surface area contributed by atoms with E-state index in [0.29, 0.717) is 0 Å². The summed E-state index contributed by atoms with van der Waals surface area (Å²) >= 11 is 0. The summed E-state index contributed by atoms with van der Waals surface area (Å²) in [5.41, 5.74) is 1.69. The molecule has 0 aliphatic carbocycles. The second-order valence-electron chi connectivity index (χ2n) is 6.39. The van der Waals surface area contributed by atoms with Crippen LogP contribution in [0.5, 0.6) is 5.75 Å². The first-order valence-electron chi connectivity index (χ1n) is 9.40. The van der Waals surface area contributed by atoms with Crippen LogP contribution in [0.2, 0.25) is 0 Å². The van der Waals surface area contributed by atoms with Crippen molar-refractivity contribution in [1.29, 1.82) is 0 Å². The molecule has 4 heteroatoms. The number of rotatable bonds is 6. The van der Waals surface area contributed by atoms with Crippen LogP contribution in [0.4, 0.5) is 11.4 Å². The fourth-order valence-corrected chi connectivity index (χ4v) is 5.46. The summed E-state index contributed by atoms with van der Waals surface area (Å²) in [5, 5.41) is 12.8. The Morgan fingerprint density at radius 2 is 1.14 bits per heavy atom. The molecule has 0 aliphatic rings. The highest BCUT2D eigenvalue weighted by Crippen LogP contribution is 2.36. The molecule has 0 atom stereocenters. The standard InChI is InChI=1S/C25H21N2OP/c1-28-21-18-16-20(17-19-21)26-27-24-14-8-9-15-25(24)29(22-10-4-2-5-11-22)23-12-6-3-7-13-23/h2-19H,1H3. The Morgan fingerprint density at radius 1 is 0.586 bits per heavy atom. The summed E-state index contributed by atoms with van der Waals surface area (Å²) < 4.78 is 5.21. The number of hydrogen-bond acceptors (Lipinski definition) is 3. The first-order valence-corrected chi connectivity index (χ1v) is 10.7. The van der Waals surface area contributed by atoms with Gasteiger partial charge in [-0.2, -0.15) is 5.11 Å². The van der Waals surface area contributed by atoms with Crippen molar-refractivity contribution in [3.63, 3.8) is 0 Å². The largest absolute Gasteiger partial charge is 0.497 e. The number of methoxy groups -OCH3 is 1. The van der Waals surface area contributed by atoms with E-state index in [9.17, 15) is 0 Å². The van der Waals surface area contributed by atoms with E-state index in [2.05, 4.69) is 83.0 Å². The van der Waals surface area contributed by atoms with Crippen LogP contribution in [0, 0.1) is 0 Å². The van der Waals surface area contributed by atoms with E-state index >= 15 is 0 Å². The molecule has 0 aromatic heterocycles. The summed E-state index contributed by atoms with van der Waals surface area (Å²) in [6.45, 7) is 0. The van der Waals surface area contributed by atoms with Crippen molar-refractivity contribution in [3.05, 3.63) is 109 Å². The molecule has 4 aromatic carbocycles. The molecule has 0 bridgehead atoms. The van der Waals surface area contributed by atoms with Gasteiger partial charge < -0.3 is 4.74 Å². The van der Waals surface area contributed by atoms with Crippen LogP contribution in [0.15, 0.2) is 119 Å². The molecular weight excluding hydrogens is 375 g/mol. The molecule has 0 fully saturated rings. The highest BCUT2D eigenvalue weighted by molar-refractivity contribution is 7.80. The van der Waals surface area contributed by atoms with Gasteiger partial charge in [0.15, 0.2) is 0 Å². The van der Waals surface area contributed by atoms with Gasteiger partial charge in [-0.3, -0.25) is 0 Å². The lowest BCUT2D eigenvalue weighted by Crippen LogP contribution is -2.20.